The third-order valence-corrected chi connectivity index (χ3v) is 4.62. The Bertz CT molecular complexity index is 521. The average molecular weight is 320 g/mol. The first-order valence-electron chi connectivity index (χ1n) is 8.32. The number of rotatable bonds is 6. The second-order valence-corrected chi connectivity index (χ2v) is 6.26. The van der Waals surface area contributed by atoms with Crippen LogP contribution in [0.25, 0.3) is 0 Å². The number of piperidine rings is 1. The van der Waals surface area contributed by atoms with Crippen LogP contribution in [0.4, 0.5) is 0 Å². The molecular formula is C18H28N2O3. The van der Waals surface area contributed by atoms with Crippen LogP contribution in [0.15, 0.2) is 24.3 Å². The van der Waals surface area contributed by atoms with Crippen molar-refractivity contribution in [3.63, 3.8) is 0 Å². The van der Waals surface area contributed by atoms with Crippen molar-refractivity contribution in [2.45, 2.75) is 45.4 Å². The Morgan fingerprint density at radius 1 is 1.48 bits per heavy atom. The molecule has 1 heterocycles. The average Bonchev–Trinajstić information content (AvgIpc) is 2.58. The van der Waals surface area contributed by atoms with E-state index in [-0.39, 0.29) is 11.9 Å². The molecule has 0 unspecified atom stereocenters. The molecule has 1 fully saturated rings. The third-order valence-electron chi connectivity index (χ3n) is 4.62. The Morgan fingerprint density at radius 3 is 2.96 bits per heavy atom. The molecule has 0 saturated carbocycles. The molecule has 5 nitrogen and oxygen atoms in total. The lowest BCUT2D eigenvalue weighted by atomic mass is 9.90. The topological polar surface area (TPSA) is 64.8 Å². The molecule has 5 heteroatoms. The van der Waals surface area contributed by atoms with Gasteiger partial charge >= 0.3 is 0 Å². The van der Waals surface area contributed by atoms with E-state index in [1.54, 1.807) is 7.11 Å². The number of hydrogen-bond donors (Lipinski definition) is 1. The highest BCUT2D eigenvalue weighted by Crippen LogP contribution is 2.24. The number of carbonyl (C=O) groups excluding carboxylic acids is 1. The summed E-state index contributed by atoms with van der Waals surface area (Å²) in [5, 5.41) is 0. The summed E-state index contributed by atoms with van der Waals surface area (Å²) in [6.45, 7) is 5.66. The smallest absolute Gasteiger partial charge is 0.251 e. The molecule has 1 amide bonds. The van der Waals surface area contributed by atoms with Crippen LogP contribution in [0.3, 0.4) is 0 Å². The molecule has 2 rings (SSSR count). The van der Waals surface area contributed by atoms with Gasteiger partial charge < -0.3 is 20.1 Å². The van der Waals surface area contributed by atoms with Crippen molar-refractivity contribution < 1.29 is 14.3 Å². The zero-order valence-electron chi connectivity index (χ0n) is 14.3. The van der Waals surface area contributed by atoms with Crippen LogP contribution in [-0.2, 0) is 16.1 Å². The fourth-order valence-corrected chi connectivity index (χ4v) is 3.17. The molecule has 0 spiro atoms. The number of likely N-dealkylation sites (tertiary alicyclic amines) is 1. The maximum absolute atomic E-state index is 12.7. The molecule has 1 aliphatic rings. The summed E-state index contributed by atoms with van der Waals surface area (Å²) in [4.78, 5) is 14.6. The Kier molecular flexibility index (Phi) is 6.42. The molecule has 0 bridgehead atoms. The van der Waals surface area contributed by atoms with Crippen LogP contribution in [0, 0.1) is 5.92 Å². The maximum Gasteiger partial charge on any atom is 0.251 e. The highest BCUT2D eigenvalue weighted by Gasteiger charge is 2.33. The Balaban J connectivity index is 1.93. The van der Waals surface area contributed by atoms with Crippen LogP contribution < -0.4 is 10.5 Å². The van der Waals surface area contributed by atoms with Crippen LogP contribution in [0.5, 0.6) is 5.75 Å². The SMILES string of the molecule is COc1cccc(CO[C@H](C)C(=O)N2CCC[C@@H](C)[C@H]2CN)c1. The van der Waals surface area contributed by atoms with Gasteiger partial charge in [-0.1, -0.05) is 19.1 Å². The van der Waals surface area contributed by atoms with Crippen molar-refractivity contribution in [3.8, 4) is 5.75 Å². The molecular weight excluding hydrogens is 292 g/mol. The summed E-state index contributed by atoms with van der Waals surface area (Å²) in [6, 6.07) is 7.81. The first-order valence-corrected chi connectivity index (χ1v) is 8.32. The summed E-state index contributed by atoms with van der Waals surface area (Å²) in [6.07, 6.45) is 1.69. The van der Waals surface area contributed by atoms with Crippen LogP contribution in [0.1, 0.15) is 32.3 Å². The van der Waals surface area contributed by atoms with Gasteiger partial charge in [0.05, 0.1) is 13.7 Å². The Hall–Kier alpha value is -1.59. The lowest BCUT2D eigenvalue weighted by molar-refractivity contribution is -0.148. The molecule has 0 aliphatic carbocycles. The minimum atomic E-state index is -0.472. The molecule has 1 saturated heterocycles. The van der Waals surface area contributed by atoms with Gasteiger partial charge in [0.1, 0.15) is 11.9 Å². The molecule has 0 radical (unpaired) electrons. The zero-order chi connectivity index (χ0) is 16.8. The summed E-state index contributed by atoms with van der Waals surface area (Å²) in [7, 11) is 1.64. The number of ether oxygens (including phenoxy) is 2. The lowest BCUT2D eigenvalue weighted by Gasteiger charge is -2.40. The van der Waals surface area contributed by atoms with Crippen molar-refractivity contribution in [2.24, 2.45) is 11.7 Å². The van der Waals surface area contributed by atoms with Crippen molar-refractivity contribution in [1.82, 2.24) is 4.90 Å². The van der Waals surface area contributed by atoms with E-state index in [4.69, 9.17) is 15.2 Å². The zero-order valence-corrected chi connectivity index (χ0v) is 14.3. The highest BCUT2D eigenvalue weighted by molar-refractivity contribution is 5.81. The van der Waals surface area contributed by atoms with Crippen molar-refractivity contribution >= 4 is 5.91 Å². The van der Waals surface area contributed by atoms with E-state index in [2.05, 4.69) is 6.92 Å². The van der Waals surface area contributed by atoms with E-state index >= 15 is 0 Å². The standard InChI is InChI=1S/C18H28N2O3/c1-13-6-5-9-20(17(13)11-19)18(21)14(2)23-12-15-7-4-8-16(10-15)22-3/h4,7-8,10,13-14,17H,5-6,9,11-12,19H2,1-3H3/t13-,14-,17-/m1/s1. The normalized spacial score (nSPS) is 22.7. The highest BCUT2D eigenvalue weighted by atomic mass is 16.5. The van der Waals surface area contributed by atoms with E-state index in [1.165, 1.54) is 0 Å². The quantitative estimate of drug-likeness (QED) is 0.872. The molecule has 1 aromatic carbocycles. The van der Waals surface area contributed by atoms with Gasteiger partial charge in [0.2, 0.25) is 0 Å². The number of amides is 1. The van der Waals surface area contributed by atoms with Gasteiger partial charge in [-0.25, -0.2) is 0 Å². The van der Waals surface area contributed by atoms with E-state index in [0.717, 1.165) is 30.7 Å². The largest absolute Gasteiger partial charge is 0.497 e. The van der Waals surface area contributed by atoms with E-state index in [9.17, 15) is 4.79 Å². The van der Waals surface area contributed by atoms with Crippen molar-refractivity contribution in [3.05, 3.63) is 29.8 Å². The second-order valence-electron chi connectivity index (χ2n) is 6.26. The van der Waals surface area contributed by atoms with E-state index in [0.29, 0.717) is 19.1 Å². The number of nitrogens with two attached hydrogens (primary N) is 1. The number of carbonyl (C=O) groups is 1. The van der Waals surface area contributed by atoms with Crippen LogP contribution >= 0.6 is 0 Å². The Labute approximate surface area is 138 Å². The van der Waals surface area contributed by atoms with Crippen LogP contribution in [-0.4, -0.2) is 43.2 Å². The van der Waals surface area contributed by atoms with Gasteiger partial charge in [0.25, 0.3) is 5.91 Å². The maximum atomic E-state index is 12.7. The molecule has 1 aliphatic heterocycles. The molecule has 23 heavy (non-hydrogen) atoms. The van der Waals surface area contributed by atoms with E-state index < -0.39 is 6.10 Å². The number of methoxy groups -OCH3 is 1. The molecule has 3 atom stereocenters. The predicted molar refractivity (Wildman–Crippen MR) is 90.2 cm³/mol. The Morgan fingerprint density at radius 2 is 2.26 bits per heavy atom. The molecule has 0 aromatic heterocycles. The predicted octanol–water partition coefficient (Wildman–Crippen LogP) is 2.19. The molecule has 1 aromatic rings. The van der Waals surface area contributed by atoms with Crippen molar-refractivity contribution in [2.75, 3.05) is 20.2 Å². The van der Waals surface area contributed by atoms with Gasteiger partial charge in [0.15, 0.2) is 0 Å². The van der Waals surface area contributed by atoms with Gasteiger partial charge in [-0.15, -0.1) is 0 Å². The first-order chi connectivity index (χ1) is 11.1. The fraction of sp³-hybridized carbons (Fsp3) is 0.611. The number of benzene rings is 1. The number of hydrogen-bond acceptors (Lipinski definition) is 4. The van der Waals surface area contributed by atoms with Gasteiger partial charge in [0, 0.05) is 19.1 Å². The summed E-state index contributed by atoms with van der Waals surface area (Å²) in [5.74, 6) is 1.27. The summed E-state index contributed by atoms with van der Waals surface area (Å²) < 4.78 is 11.0. The fourth-order valence-electron chi connectivity index (χ4n) is 3.17. The molecule has 2 N–H and O–H groups in total. The van der Waals surface area contributed by atoms with E-state index in [1.807, 2.05) is 36.1 Å². The summed E-state index contributed by atoms with van der Waals surface area (Å²) >= 11 is 0. The summed E-state index contributed by atoms with van der Waals surface area (Å²) in [5.41, 5.74) is 6.86. The van der Waals surface area contributed by atoms with Crippen LogP contribution in [0.2, 0.25) is 0 Å². The second kappa shape index (κ2) is 8.31. The molecule has 128 valence electrons. The van der Waals surface area contributed by atoms with Gasteiger partial charge in [-0.05, 0) is 43.4 Å². The number of nitrogens with zero attached hydrogens (tertiary/aromatic N) is 1. The van der Waals surface area contributed by atoms with Gasteiger partial charge in [-0.3, -0.25) is 4.79 Å². The van der Waals surface area contributed by atoms with Crippen molar-refractivity contribution in [1.29, 1.82) is 0 Å². The minimum absolute atomic E-state index is 0.0369. The monoisotopic (exact) mass is 320 g/mol. The lowest BCUT2D eigenvalue weighted by Crippen LogP contribution is -2.54. The minimum Gasteiger partial charge on any atom is -0.497 e. The van der Waals surface area contributed by atoms with Gasteiger partial charge in [-0.2, -0.15) is 0 Å². The third kappa shape index (κ3) is 4.45. The first kappa shape index (κ1) is 17.8.